The van der Waals surface area contributed by atoms with E-state index in [4.69, 9.17) is 21.1 Å². The first kappa shape index (κ1) is 16.2. The maximum Gasteiger partial charge on any atom is 0.254 e. The smallest absolute Gasteiger partial charge is 0.254 e. The van der Waals surface area contributed by atoms with Gasteiger partial charge in [-0.05, 0) is 23.8 Å². The maximum absolute atomic E-state index is 12.6. The average Bonchev–Trinajstić information content (AvgIpc) is 2.55. The fourth-order valence-electron chi connectivity index (χ4n) is 2.11. The van der Waals surface area contributed by atoms with Crippen molar-refractivity contribution >= 4 is 17.5 Å². The first-order valence-electron chi connectivity index (χ1n) is 6.77. The quantitative estimate of drug-likeness (QED) is 0.844. The highest BCUT2D eigenvalue weighted by atomic mass is 35.5. The van der Waals surface area contributed by atoms with Gasteiger partial charge >= 0.3 is 0 Å². The van der Waals surface area contributed by atoms with E-state index >= 15 is 0 Å². The molecular formula is C17H18ClNO3. The van der Waals surface area contributed by atoms with E-state index < -0.39 is 0 Å². The minimum atomic E-state index is -0.128. The zero-order chi connectivity index (χ0) is 16.1. The van der Waals surface area contributed by atoms with Crippen molar-refractivity contribution in [3.05, 3.63) is 58.6 Å². The Bertz CT molecular complexity index is 650. The zero-order valence-electron chi connectivity index (χ0n) is 12.8. The van der Waals surface area contributed by atoms with Crippen molar-refractivity contribution in [2.24, 2.45) is 0 Å². The van der Waals surface area contributed by atoms with E-state index in [1.807, 2.05) is 24.3 Å². The molecule has 0 radical (unpaired) electrons. The average molecular weight is 320 g/mol. The summed E-state index contributed by atoms with van der Waals surface area (Å²) in [6, 6.07) is 12.6. The summed E-state index contributed by atoms with van der Waals surface area (Å²) in [7, 11) is 4.84. The van der Waals surface area contributed by atoms with Crippen LogP contribution in [0.2, 0.25) is 5.02 Å². The lowest BCUT2D eigenvalue weighted by Gasteiger charge is -2.19. The van der Waals surface area contributed by atoms with Crippen LogP contribution < -0.4 is 9.47 Å². The summed E-state index contributed by atoms with van der Waals surface area (Å²) in [6.45, 7) is 0.429. The van der Waals surface area contributed by atoms with Crippen molar-refractivity contribution in [1.29, 1.82) is 0 Å². The van der Waals surface area contributed by atoms with Gasteiger partial charge in [0.1, 0.15) is 11.5 Å². The number of hydrogen-bond donors (Lipinski definition) is 0. The van der Waals surface area contributed by atoms with E-state index in [1.54, 1.807) is 44.4 Å². The van der Waals surface area contributed by atoms with Crippen LogP contribution in [0, 0.1) is 0 Å². The summed E-state index contributed by atoms with van der Waals surface area (Å²) in [4.78, 5) is 14.2. The normalized spacial score (nSPS) is 10.2. The van der Waals surface area contributed by atoms with Gasteiger partial charge in [-0.2, -0.15) is 0 Å². The van der Waals surface area contributed by atoms with Gasteiger partial charge in [-0.3, -0.25) is 4.79 Å². The first-order chi connectivity index (χ1) is 10.5. The third kappa shape index (κ3) is 3.71. The number of carbonyl (C=O) groups excluding carboxylic acids is 1. The fraction of sp³-hybridized carbons (Fsp3) is 0.235. The summed E-state index contributed by atoms with van der Waals surface area (Å²) >= 11 is 6.14. The van der Waals surface area contributed by atoms with E-state index in [1.165, 1.54) is 0 Å². The predicted molar refractivity (Wildman–Crippen MR) is 86.8 cm³/mol. The molecule has 0 atom stereocenters. The number of halogens is 1. The summed E-state index contributed by atoms with van der Waals surface area (Å²) < 4.78 is 10.4. The molecule has 22 heavy (non-hydrogen) atoms. The molecule has 0 bridgehead atoms. The molecule has 0 aliphatic rings. The number of carbonyl (C=O) groups is 1. The highest BCUT2D eigenvalue weighted by Crippen LogP contribution is 2.24. The van der Waals surface area contributed by atoms with Gasteiger partial charge in [-0.25, -0.2) is 0 Å². The fourth-order valence-corrected chi connectivity index (χ4v) is 2.30. The Labute approximate surface area is 135 Å². The Kier molecular flexibility index (Phi) is 5.28. The summed E-state index contributed by atoms with van der Waals surface area (Å²) in [5.74, 6) is 1.03. The van der Waals surface area contributed by atoms with Crippen molar-refractivity contribution in [3.8, 4) is 11.5 Å². The number of amides is 1. The van der Waals surface area contributed by atoms with Crippen LogP contribution in [0.25, 0.3) is 0 Å². The molecule has 0 N–H and O–H groups in total. The van der Waals surface area contributed by atoms with Crippen LogP contribution in [0.4, 0.5) is 0 Å². The molecule has 0 heterocycles. The number of hydrogen-bond acceptors (Lipinski definition) is 3. The molecule has 1 amide bonds. The predicted octanol–water partition coefficient (Wildman–Crippen LogP) is 3.63. The lowest BCUT2D eigenvalue weighted by molar-refractivity contribution is 0.0784. The van der Waals surface area contributed by atoms with Crippen molar-refractivity contribution in [2.75, 3.05) is 21.3 Å². The molecule has 0 fully saturated rings. The molecule has 5 heteroatoms. The van der Waals surface area contributed by atoms with Crippen LogP contribution in [0.3, 0.4) is 0 Å². The molecule has 0 aliphatic heterocycles. The lowest BCUT2D eigenvalue weighted by Crippen LogP contribution is -2.26. The molecule has 0 saturated heterocycles. The number of ether oxygens (including phenoxy) is 2. The number of rotatable bonds is 5. The van der Waals surface area contributed by atoms with E-state index in [9.17, 15) is 4.79 Å². The Hall–Kier alpha value is -2.20. The third-order valence-electron chi connectivity index (χ3n) is 3.31. The van der Waals surface area contributed by atoms with Gasteiger partial charge in [0.2, 0.25) is 0 Å². The molecule has 2 aromatic carbocycles. The summed E-state index contributed by atoms with van der Waals surface area (Å²) in [5.41, 5.74) is 1.40. The monoisotopic (exact) mass is 319 g/mol. The highest BCUT2D eigenvalue weighted by molar-refractivity contribution is 6.31. The minimum Gasteiger partial charge on any atom is -0.497 e. The molecule has 2 aromatic rings. The molecule has 0 spiro atoms. The van der Waals surface area contributed by atoms with Crippen LogP contribution >= 0.6 is 11.6 Å². The van der Waals surface area contributed by atoms with E-state index in [0.717, 1.165) is 5.56 Å². The van der Waals surface area contributed by atoms with Gasteiger partial charge in [-0.1, -0.05) is 29.8 Å². The van der Waals surface area contributed by atoms with Crippen LogP contribution in [-0.2, 0) is 6.54 Å². The number of methoxy groups -OCH3 is 2. The van der Waals surface area contributed by atoms with Crippen molar-refractivity contribution in [3.63, 3.8) is 0 Å². The van der Waals surface area contributed by atoms with Crippen molar-refractivity contribution in [1.82, 2.24) is 4.90 Å². The van der Waals surface area contributed by atoms with Crippen molar-refractivity contribution < 1.29 is 14.3 Å². The molecule has 116 valence electrons. The molecule has 0 saturated carbocycles. The van der Waals surface area contributed by atoms with Crippen LogP contribution in [-0.4, -0.2) is 32.1 Å². The summed E-state index contributed by atoms with van der Waals surface area (Å²) in [6.07, 6.45) is 0. The van der Waals surface area contributed by atoms with Gasteiger partial charge < -0.3 is 14.4 Å². The molecule has 0 aromatic heterocycles. The molecule has 4 nitrogen and oxygen atoms in total. The summed E-state index contributed by atoms with van der Waals surface area (Å²) in [5, 5.41) is 0.644. The largest absolute Gasteiger partial charge is 0.497 e. The number of nitrogens with zero attached hydrogens (tertiary/aromatic N) is 1. The van der Waals surface area contributed by atoms with E-state index in [0.29, 0.717) is 28.6 Å². The van der Waals surface area contributed by atoms with Gasteiger partial charge in [0.15, 0.2) is 0 Å². The second-order valence-corrected chi connectivity index (χ2v) is 5.26. The number of benzene rings is 2. The van der Waals surface area contributed by atoms with Gasteiger partial charge in [0.25, 0.3) is 5.91 Å². The molecular weight excluding hydrogens is 302 g/mol. The Morgan fingerprint density at radius 1 is 1.09 bits per heavy atom. The third-order valence-corrected chi connectivity index (χ3v) is 3.68. The standard InChI is InChI=1S/C17H18ClNO3/c1-19(11-12-6-4-5-7-16(12)18)17(20)13-8-14(21-2)10-15(9-13)22-3/h4-10H,11H2,1-3H3. The SMILES string of the molecule is COc1cc(OC)cc(C(=O)N(C)Cc2ccccc2Cl)c1. The first-order valence-corrected chi connectivity index (χ1v) is 7.15. The van der Waals surface area contributed by atoms with Gasteiger partial charge in [0.05, 0.1) is 14.2 Å². The van der Waals surface area contributed by atoms with Crippen LogP contribution in [0.5, 0.6) is 11.5 Å². The maximum atomic E-state index is 12.6. The Balaban J connectivity index is 2.22. The lowest BCUT2D eigenvalue weighted by atomic mass is 10.1. The van der Waals surface area contributed by atoms with Crippen LogP contribution in [0.1, 0.15) is 15.9 Å². The van der Waals surface area contributed by atoms with Crippen molar-refractivity contribution in [2.45, 2.75) is 6.54 Å². The Morgan fingerprint density at radius 2 is 1.68 bits per heavy atom. The minimum absolute atomic E-state index is 0.128. The van der Waals surface area contributed by atoms with Gasteiger partial charge in [-0.15, -0.1) is 0 Å². The van der Waals surface area contributed by atoms with Crippen LogP contribution in [0.15, 0.2) is 42.5 Å². The topological polar surface area (TPSA) is 38.8 Å². The van der Waals surface area contributed by atoms with Gasteiger partial charge in [0, 0.05) is 30.2 Å². The van der Waals surface area contributed by atoms with E-state index in [-0.39, 0.29) is 5.91 Å². The molecule has 0 unspecified atom stereocenters. The molecule has 2 rings (SSSR count). The highest BCUT2D eigenvalue weighted by Gasteiger charge is 2.15. The zero-order valence-corrected chi connectivity index (χ0v) is 13.6. The van der Waals surface area contributed by atoms with E-state index in [2.05, 4.69) is 0 Å². The Morgan fingerprint density at radius 3 is 2.23 bits per heavy atom. The molecule has 0 aliphatic carbocycles. The second kappa shape index (κ2) is 7.18. The second-order valence-electron chi connectivity index (χ2n) is 4.85.